The highest BCUT2D eigenvalue weighted by molar-refractivity contribution is 5.39. The third kappa shape index (κ3) is 4.93. The van der Waals surface area contributed by atoms with E-state index in [1.54, 1.807) is 0 Å². The van der Waals surface area contributed by atoms with Gasteiger partial charge in [-0.05, 0) is 56.7 Å². The SMILES string of the molecule is Cc1ccc(N2CCC(CCCN3CC[N+](C)(C)CC3)CC2)nc1. The monoisotopic (exact) mass is 331 g/mol. The van der Waals surface area contributed by atoms with Gasteiger partial charge in [-0.25, -0.2) is 4.98 Å². The quantitative estimate of drug-likeness (QED) is 0.774. The summed E-state index contributed by atoms with van der Waals surface area (Å²) in [6.07, 6.45) is 7.43. The lowest BCUT2D eigenvalue weighted by Gasteiger charge is -2.39. The van der Waals surface area contributed by atoms with Crippen LogP contribution in [0.15, 0.2) is 18.3 Å². The van der Waals surface area contributed by atoms with E-state index < -0.39 is 0 Å². The topological polar surface area (TPSA) is 19.4 Å². The molecule has 0 atom stereocenters. The van der Waals surface area contributed by atoms with Gasteiger partial charge in [-0.1, -0.05) is 6.07 Å². The summed E-state index contributed by atoms with van der Waals surface area (Å²) in [5.74, 6) is 2.08. The molecule has 0 bridgehead atoms. The van der Waals surface area contributed by atoms with Crippen LogP contribution in [0.4, 0.5) is 5.82 Å². The van der Waals surface area contributed by atoms with Gasteiger partial charge < -0.3 is 9.38 Å². The van der Waals surface area contributed by atoms with Crippen molar-refractivity contribution < 1.29 is 4.48 Å². The number of aryl methyl sites for hydroxylation is 1. The van der Waals surface area contributed by atoms with Crippen LogP contribution in [-0.4, -0.2) is 74.3 Å². The molecule has 0 radical (unpaired) electrons. The van der Waals surface area contributed by atoms with Gasteiger partial charge in [0.2, 0.25) is 0 Å². The molecular weight excluding hydrogens is 296 g/mol. The van der Waals surface area contributed by atoms with Gasteiger partial charge in [-0.3, -0.25) is 4.90 Å². The fraction of sp³-hybridized carbons (Fsp3) is 0.750. The van der Waals surface area contributed by atoms with Crippen molar-refractivity contribution in [2.24, 2.45) is 5.92 Å². The normalized spacial score (nSPS) is 22.7. The Hall–Kier alpha value is -1.13. The van der Waals surface area contributed by atoms with Gasteiger partial charge >= 0.3 is 0 Å². The Bertz CT molecular complexity index is 493. The Labute approximate surface area is 148 Å². The molecular formula is C20H35N4+. The van der Waals surface area contributed by atoms with E-state index in [4.69, 9.17) is 0 Å². The zero-order chi connectivity index (χ0) is 17.0. The fourth-order valence-electron chi connectivity index (χ4n) is 3.97. The molecule has 0 unspecified atom stereocenters. The third-order valence-electron chi connectivity index (χ3n) is 5.96. The van der Waals surface area contributed by atoms with Crippen molar-refractivity contribution in [3.63, 3.8) is 0 Å². The van der Waals surface area contributed by atoms with Crippen molar-refractivity contribution in [3.8, 4) is 0 Å². The molecule has 3 heterocycles. The van der Waals surface area contributed by atoms with Crippen LogP contribution in [0, 0.1) is 12.8 Å². The van der Waals surface area contributed by atoms with Gasteiger partial charge in [0.25, 0.3) is 0 Å². The van der Waals surface area contributed by atoms with Crippen LogP contribution in [-0.2, 0) is 0 Å². The number of likely N-dealkylation sites (N-methyl/N-ethyl adjacent to an activating group) is 1. The number of hydrogen-bond donors (Lipinski definition) is 0. The first-order valence-corrected chi connectivity index (χ1v) is 9.74. The average Bonchev–Trinajstić information content (AvgIpc) is 2.58. The molecule has 2 aliphatic rings. The van der Waals surface area contributed by atoms with Crippen molar-refractivity contribution in [2.75, 3.05) is 64.8 Å². The molecule has 0 aliphatic carbocycles. The van der Waals surface area contributed by atoms with Gasteiger partial charge in [0.15, 0.2) is 0 Å². The molecule has 24 heavy (non-hydrogen) atoms. The first-order valence-electron chi connectivity index (χ1n) is 9.74. The fourth-order valence-corrected chi connectivity index (χ4v) is 3.97. The summed E-state index contributed by atoms with van der Waals surface area (Å²) in [5.41, 5.74) is 1.24. The first kappa shape index (κ1) is 17.7. The summed E-state index contributed by atoms with van der Waals surface area (Å²) < 4.78 is 1.20. The van der Waals surface area contributed by atoms with Crippen LogP contribution < -0.4 is 4.90 Å². The molecule has 0 spiro atoms. The van der Waals surface area contributed by atoms with E-state index in [1.807, 2.05) is 6.20 Å². The summed E-state index contributed by atoms with van der Waals surface area (Å²) in [5, 5.41) is 0. The maximum Gasteiger partial charge on any atom is 0.128 e. The maximum atomic E-state index is 4.58. The number of aromatic nitrogens is 1. The molecule has 4 heteroatoms. The summed E-state index contributed by atoms with van der Waals surface area (Å²) in [6, 6.07) is 4.35. The Kier molecular flexibility index (Phi) is 5.77. The highest BCUT2D eigenvalue weighted by atomic mass is 15.4. The number of pyridine rings is 1. The molecule has 2 fully saturated rings. The van der Waals surface area contributed by atoms with Crippen LogP contribution in [0.3, 0.4) is 0 Å². The van der Waals surface area contributed by atoms with Crippen LogP contribution in [0.1, 0.15) is 31.2 Å². The van der Waals surface area contributed by atoms with E-state index in [-0.39, 0.29) is 0 Å². The second-order valence-electron chi connectivity index (χ2n) is 8.49. The van der Waals surface area contributed by atoms with E-state index in [1.165, 1.54) is 81.5 Å². The smallest absolute Gasteiger partial charge is 0.128 e. The summed E-state index contributed by atoms with van der Waals surface area (Å²) >= 11 is 0. The Balaban J connectivity index is 1.33. The minimum atomic E-state index is 0.920. The molecule has 3 rings (SSSR count). The number of rotatable bonds is 5. The van der Waals surface area contributed by atoms with Crippen molar-refractivity contribution in [1.29, 1.82) is 0 Å². The molecule has 0 aromatic carbocycles. The Morgan fingerprint density at radius 3 is 2.42 bits per heavy atom. The standard InChI is InChI=1S/C20H35N4/c1-18-6-7-20(21-17-18)23-11-8-19(9-12-23)5-4-10-22-13-15-24(2,3)16-14-22/h6-7,17,19H,4-5,8-16H2,1-3H3/q+1. The molecule has 0 N–H and O–H groups in total. The molecule has 134 valence electrons. The second kappa shape index (κ2) is 7.83. The number of hydrogen-bond acceptors (Lipinski definition) is 3. The predicted molar refractivity (Wildman–Crippen MR) is 101 cm³/mol. The van der Waals surface area contributed by atoms with Crippen LogP contribution in [0.25, 0.3) is 0 Å². The van der Waals surface area contributed by atoms with Crippen molar-refractivity contribution >= 4 is 5.82 Å². The van der Waals surface area contributed by atoms with E-state index in [0.717, 1.165) is 11.7 Å². The van der Waals surface area contributed by atoms with Crippen molar-refractivity contribution in [1.82, 2.24) is 9.88 Å². The van der Waals surface area contributed by atoms with E-state index in [2.05, 4.69) is 47.9 Å². The minimum absolute atomic E-state index is 0.920. The molecule has 2 aliphatic heterocycles. The molecule has 2 saturated heterocycles. The minimum Gasteiger partial charge on any atom is -0.357 e. The number of nitrogens with zero attached hydrogens (tertiary/aromatic N) is 4. The highest BCUT2D eigenvalue weighted by Crippen LogP contribution is 2.25. The summed E-state index contributed by atoms with van der Waals surface area (Å²) in [6.45, 7) is 10.9. The zero-order valence-corrected chi connectivity index (χ0v) is 15.9. The predicted octanol–water partition coefficient (Wildman–Crippen LogP) is 2.78. The van der Waals surface area contributed by atoms with Gasteiger partial charge in [0.05, 0.1) is 27.2 Å². The van der Waals surface area contributed by atoms with Crippen molar-refractivity contribution in [3.05, 3.63) is 23.9 Å². The second-order valence-corrected chi connectivity index (χ2v) is 8.49. The van der Waals surface area contributed by atoms with Crippen LogP contribution >= 0.6 is 0 Å². The Morgan fingerprint density at radius 2 is 1.79 bits per heavy atom. The first-order chi connectivity index (χ1) is 11.5. The number of quaternary nitrogens is 1. The summed E-state index contributed by atoms with van der Waals surface area (Å²) in [4.78, 5) is 9.71. The molecule has 4 nitrogen and oxygen atoms in total. The molecule has 0 saturated carbocycles. The lowest BCUT2D eigenvalue weighted by atomic mass is 9.92. The molecule has 1 aromatic heterocycles. The number of piperazine rings is 1. The third-order valence-corrected chi connectivity index (χ3v) is 5.96. The van der Waals surface area contributed by atoms with Gasteiger partial charge in [-0.2, -0.15) is 0 Å². The zero-order valence-electron chi connectivity index (χ0n) is 15.9. The van der Waals surface area contributed by atoms with Crippen molar-refractivity contribution in [2.45, 2.75) is 32.6 Å². The lowest BCUT2D eigenvalue weighted by molar-refractivity contribution is -0.894. The van der Waals surface area contributed by atoms with E-state index >= 15 is 0 Å². The number of piperidine rings is 1. The highest BCUT2D eigenvalue weighted by Gasteiger charge is 2.24. The van der Waals surface area contributed by atoms with Gasteiger partial charge in [0.1, 0.15) is 5.82 Å². The van der Waals surface area contributed by atoms with Gasteiger partial charge in [-0.15, -0.1) is 0 Å². The molecule has 0 amide bonds. The Morgan fingerprint density at radius 1 is 1.08 bits per heavy atom. The van der Waals surface area contributed by atoms with Crippen LogP contribution in [0.2, 0.25) is 0 Å². The number of anilines is 1. The lowest BCUT2D eigenvalue weighted by Crippen LogP contribution is -2.54. The van der Waals surface area contributed by atoms with E-state index in [9.17, 15) is 0 Å². The maximum absolute atomic E-state index is 4.58. The summed E-state index contributed by atoms with van der Waals surface area (Å²) in [7, 11) is 4.71. The average molecular weight is 332 g/mol. The van der Waals surface area contributed by atoms with E-state index in [0.29, 0.717) is 0 Å². The van der Waals surface area contributed by atoms with Gasteiger partial charge in [0, 0.05) is 32.4 Å². The molecule has 1 aromatic rings. The largest absolute Gasteiger partial charge is 0.357 e. The van der Waals surface area contributed by atoms with Crippen LogP contribution in [0.5, 0.6) is 0 Å².